The second-order valence-electron chi connectivity index (χ2n) is 5.60. The van der Waals surface area contributed by atoms with Gasteiger partial charge in [0.2, 0.25) is 0 Å². The maximum atomic E-state index is 13.4. The van der Waals surface area contributed by atoms with E-state index in [0.29, 0.717) is 10.6 Å². The van der Waals surface area contributed by atoms with Crippen LogP contribution in [-0.2, 0) is 12.4 Å². The number of benzene rings is 1. The molecule has 0 fully saturated rings. The SMILES string of the molecule is C#Cc1cnn2c(C(F)(F)F)cc(-c3ccc(C(F)(F)F)c(OCC)c3)nc12. The third-order valence-corrected chi connectivity index (χ3v) is 3.80. The Morgan fingerprint density at radius 1 is 1.11 bits per heavy atom. The molecule has 2 aromatic heterocycles. The van der Waals surface area contributed by atoms with E-state index in [9.17, 15) is 26.3 Å². The first kappa shape index (κ1) is 19.5. The summed E-state index contributed by atoms with van der Waals surface area (Å²) in [6.07, 6.45) is -3.14. The van der Waals surface area contributed by atoms with Crippen molar-refractivity contribution in [3.8, 4) is 29.4 Å². The number of ether oxygens (including phenoxy) is 1. The fourth-order valence-corrected chi connectivity index (χ4v) is 2.61. The lowest BCUT2D eigenvalue weighted by atomic mass is 10.1. The molecule has 0 aliphatic heterocycles. The molecular weight excluding hydrogens is 388 g/mol. The van der Waals surface area contributed by atoms with Crippen LogP contribution in [0, 0.1) is 12.3 Å². The largest absolute Gasteiger partial charge is 0.493 e. The Labute approximate surface area is 154 Å². The first-order valence-corrected chi connectivity index (χ1v) is 7.83. The van der Waals surface area contributed by atoms with Gasteiger partial charge < -0.3 is 4.74 Å². The Morgan fingerprint density at radius 2 is 1.82 bits per heavy atom. The van der Waals surface area contributed by atoms with Crippen LogP contribution in [-0.4, -0.2) is 21.2 Å². The van der Waals surface area contributed by atoms with E-state index in [0.717, 1.165) is 24.4 Å². The van der Waals surface area contributed by atoms with Gasteiger partial charge in [0, 0.05) is 5.56 Å². The van der Waals surface area contributed by atoms with Crippen molar-refractivity contribution in [3.63, 3.8) is 0 Å². The first-order valence-electron chi connectivity index (χ1n) is 7.83. The zero-order valence-corrected chi connectivity index (χ0v) is 14.2. The average Bonchev–Trinajstić information content (AvgIpc) is 3.02. The van der Waals surface area contributed by atoms with Gasteiger partial charge in [0.05, 0.1) is 29.6 Å². The van der Waals surface area contributed by atoms with Gasteiger partial charge >= 0.3 is 12.4 Å². The Morgan fingerprint density at radius 3 is 2.39 bits per heavy atom. The molecule has 0 bridgehead atoms. The summed E-state index contributed by atoms with van der Waals surface area (Å²) in [5.41, 5.74) is -2.62. The number of rotatable bonds is 3. The van der Waals surface area contributed by atoms with Crippen LogP contribution in [0.3, 0.4) is 0 Å². The van der Waals surface area contributed by atoms with Crippen LogP contribution in [0.1, 0.15) is 23.7 Å². The second-order valence-corrected chi connectivity index (χ2v) is 5.60. The summed E-state index contributed by atoms with van der Waals surface area (Å²) >= 11 is 0. The van der Waals surface area contributed by atoms with Crippen molar-refractivity contribution in [2.24, 2.45) is 0 Å². The number of hydrogen-bond acceptors (Lipinski definition) is 3. The molecular formula is C18H11F6N3O. The molecule has 0 saturated carbocycles. The summed E-state index contributed by atoms with van der Waals surface area (Å²) in [4.78, 5) is 4.06. The average molecular weight is 399 g/mol. The van der Waals surface area contributed by atoms with Crippen LogP contribution in [0.15, 0.2) is 30.5 Å². The molecule has 146 valence electrons. The Balaban J connectivity index is 2.26. The maximum Gasteiger partial charge on any atom is 0.433 e. The molecule has 1 aromatic carbocycles. The van der Waals surface area contributed by atoms with Gasteiger partial charge in [-0.1, -0.05) is 12.0 Å². The maximum absolute atomic E-state index is 13.4. The highest BCUT2D eigenvalue weighted by Gasteiger charge is 2.37. The summed E-state index contributed by atoms with van der Waals surface area (Å²) in [6, 6.07) is 3.45. The summed E-state index contributed by atoms with van der Waals surface area (Å²) in [5, 5.41) is 3.60. The monoisotopic (exact) mass is 399 g/mol. The molecule has 28 heavy (non-hydrogen) atoms. The van der Waals surface area contributed by atoms with E-state index < -0.39 is 29.4 Å². The van der Waals surface area contributed by atoms with E-state index in [-0.39, 0.29) is 29.1 Å². The van der Waals surface area contributed by atoms with Crippen LogP contribution in [0.5, 0.6) is 5.75 Å². The van der Waals surface area contributed by atoms with E-state index in [2.05, 4.69) is 16.0 Å². The van der Waals surface area contributed by atoms with E-state index in [1.165, 1.54) is 6.92 Å². The Kier molecular flexibility index (Phi) is 4.71. The molecule has 4 nitrogen and oxygen atoms in total. The van der Waals surface area contributed by atoms with E-state index in [1.54, 1.807) is 0 Å². The van der Waals surface area contributed by atoms with Gasteiger partial charge in [-0.05, 0) is 25.1 Å². The van der Waals surface area contributed by atoms with Gasteiger partial charge in [-0.2, -0.15) is 31.4 Å². The number of halogens is 6. The molecule has 0 spiro atoms. The summed E-state index contributed by atoms with van der Waals surface area (Å²) < 4.78 is 85.2. The van der Waals surface area contributed by atoms with E-state index in [1.807, 2.05) is 0 Å². The van der Waals surface area contributed by atoms with Gasteiger partial charge in [0.15, 0.2) is 11.3 Å². The minimum Gasteiger partial charge on any atom is -0.493 e. The van der Waals surface area contributed by atoms with Crippen LogP contribution in [0.4, 0.5) is 26.3 Å². The third kappa shape index (κ3) is 3.47. The van der Waals surface area contributed by atoms with Gasteiger partial charge in [-0.15, -0.1) is 6.42 Å². The number of terminal acetylenes is 1. The van der Waals surface area contributed by atoms with Crippen molar-refractivity contribution >= 4 is 5.65 Å². The fourth-order valence-electron chi connectivity index (χ4n) is 2.61. The number of fused-ring (bicyclic) bond motifs is 1. The number of hydrogen-bond donors (Lipinski definition) is 0. The minimum atomic E-state index is -4.79. The fraction of sp³-hybridized carbons (Fsp3) is 0.222. The van der Waals surface area contributed by atoms with Crippen molar-refractivity contribution in [2.75, 3.05) is 6.61 Å². The molecule has 3 aromatic rings. The third-order valence-electron chi connectivity index (χ3n) is 3.80. The molecule has 0 aliphatic carbocycles. The summed E-state index contributed by atoms with van der Waals surface area (Å²) in [5.74, 6) is 1.68. The molecule has 0 aliphatic rings. The summed E-state index contributed by atoms with van der Waals surface area (Å²) in [6.45, 7) is 1.43. The number of nitrogens with zero attached hydrogens (tertiary/aromatic N) is 3. The molecule has 2 heterocycles. The highest BCUT2D eigenvalue weighted by atomic mass is 19.4. The smallest absolute Gasteiger partial charge is 0.433 e. The normalized spacial score (nSPS) is 12.2. The van der Waals surface area contributed by atoms with Crippen molar-refractivity contribution in [2.45, 2.75) is 19.3 Å². The lowest BCUT2D eigenvalue weighted by Crippen LogP contribution is -2.14. The lowest BCUT2D eigenvalue weighted by Gasteiger charge is -2.15. The topological polar surface area (TPSA) is 39.4 Å². The van der Waals surface area contributed by atoms with Crippen LogP contribution < -0.4 is 4.74 Å². The van der Waals surface area contributed by atoms with E-state index in [4.69, 9.17) is 11.2 Å². The van der Waals surface area contributed by atoms with Gasteiger partial charge in [-0.25, -0.2) is 9.50 Å². The molecule has 0 atom stereocenters. The molecule has 3 rings (SSSR count). The highest BCUT2D eigenvalue weighted by Crippen LogP contribution is 2.39. The standard InChI is InChI=1S/C18H11F6N3O/c1-3-10-9-25-27-15(18(22,23)24)8-13(26-16(10)27)11-5-6-12(17(19,20)21)14(7-11)28-4-2/h1,5-9H,4H2,2H3. The van der Waals surface area contributed by atoms with Crippen LogP contribution in [0.2, 0.25) is 0 Å². The zero-order valence-electron chi connectivity index (χ0n) is 14.2. The van der Waals surface area contributed by atoms with Crippen LogP contribution in [0.25, 0.3) is 16.9 Å². The quantitative estimate of drug-likeness (QED) is 0.469. The molecule has 0 amide bonds. The summed E-state index contributed by atoms with van der Waals surface area (Å²) in [7, 11) is 0. The Bertz CT molecular complexity index is 1080. The first-order chi connectivity index (χ1) is 13.1. The Hall–Kier alpha value is -3.22. The van der Waals surface area contributed by atoms with Crippen molar-refractivity contribution in [3.05, 3.63) is 47.3 Å². The van der Waals surface area contributed by atoms with Crippen molar-refractivity contribution in [1.29, 1.82) is 0 Å². The highest BCUT2D eigenvalue weighted by molar-refractivity contribution is 5.68. The van der Waals surface area contributed by atoms with Gasteiger partial charge in [0.25, 0.3) is 0 Å². The van der Waals surface area contributed by atoms with Gasteiger partial charge in [-0.3, -0.25) is 0 Å². The van der Waals surface area contributed by atoms with Crippen molar-refractivity contribution < 1.29 is 31.1 Å². The molecule has 0 unspecified atom stereocenters. The minimum absolute atomic E-state index is 0.00798. The van der Waals surface area contributed by atoms with Gasteiger partial charge in [0.1, 0.15) is 5.75 Å². The number of aromatic nitrogens is 3. The number of alkyl halides is 6. The molecule has 0 radical (unpaired) electrons. The predicted molar refractivity (Wildman–Crippen MR) is 87.5 cm³/mol. The zero-order chi connectivity index (χ0) is 20.7. The second kappa shape index (κ2) is 6.74. The van der Waals surface area contributed by atoms with Crippen molar-refractivity contribution in [1.82, 2.24) is 14.6 Å². The molecule has 0 N–H and O–H groups in total. The predicted octanol–water partition coefficient (Wildman–Crippen LogP) is 4.81. The molecule has 0 saturated heterocycles. The molecule has 10 heteroatoms. The van der Waals surface area contributed by atoms with Crippen LogP contribution >= 0.6 is 0 Å². The van der Waals surface area contributed by atoms with E-state index >= 15 is 0 Å². The lowest BCUT2D eigenvalue weighted by molar-refractivity contribution is -0.142.